The Bertz CT molecular complexity index is 352. The van der Waals surface area contributed by atoms with E-state index >= 15 is 0 Å². The predicted molar refractivity (Wildman–Crippen MR) is 93.9 cm³/mol. The summed E-state index contributed by atoms with van der Waals surface area (Å²) >= 11 is 2.65. The van der Waals surface area contributed by atoms with Gasteiger partial charge in [-0.3, -0.25) is 0 Å². The van der Waals surface area contributed by atoms with Crippen molar-refractivity contribution in [2.45, 2.75) is 75.6 Å². The number of hydrogen-bond donors (Lipinski definition) is 0. The van der Waals surface area contributed by atoms with Gasteiger partial charge in [-0.1, -0.05) is 42.9 Å². The molecule has 0 heterocycles. The lowest BCUT2D eigenvalue weighted by atomic mass is 9.65. The second kappa shape index (κ2) is 8.26. The van der Waals surface area contributed by atoms with Crippen LogP contribution in [0.15, 0.2) is 11.7 Å². The Morgan fingerprint density at radius 2 is 1.86 bits per heavy atom. The summed E-state index contributed by atoms with van der Waals surface area (Å²) in [6, 6.07) is 0. The molecule has 3 heteroatoms. The molecule has 0 nitrogen and oxygen atoms in total. The molecule has 2 aliphatic rings. The molecule has 0 N–H and O–H groups in total. The third-order valence-electron chi connectivity index (χ3n) is 5.86. The SMILES string of the molecule is CCCC(I)C1CCC(C2CCC(=C(F)F)CC2)C(C)C1. The van der Waals surface area contributed by atoms with E-state index in [1.807, 2.05) is 0 Å². The molecule has 2 aliphatic carbocycles. The minimum absolute atomic E-state index is 0.433. The highest BCUT2D eigenvalue weighted by molar-refractivity contribution is 14.1. The highest BCUT2D eigenvalue weighted by Gasteiger charge is 2.36. The molecule has 0 aromatic carbocycles. The molecule has 21 heavy (non-hydrogen) atoms. The predicted octanol–water partition coefficient (Wildman–Crippen LogP) is 6.98. The van der Waals surface area contributed by atoms with Crippen molar-refractivity contribution in [3.8, 4) is 0 Å². The first-order chi connectivity index (χ1) is 10.0. The Hall–Kier alpha value is 0.330. The fraction of sp³-hybridized carbons (Fsp3) is 0.889. The van der Waals surface area contributed by atoms with Gasteiger partial charge in [0.1, 0.15) is 0 Å². The summed E-state index contributed by atoms with van der Waals surface area (Å²) < 4.78 is 26.1. The molecule has 0 amide bonds. The Kier molecular flexibility index (Phi) is 6.95. The second-order valence-corrected chi connectivity index (χ2v) is 8.82. The van der Waals surface area contributed by atoms with Gasteiger partial charge in [-0.05, 0) is 80.6 Å². The molecule has 0 aromatic heterocycles. The van der Waals surface area contributed by atoms with Gasteiger partial charge in [-0.15, -0.1) is 0 Å². The lowest BCUT2D eigenvalue weighted by molar-refractivity contribution is 0.115. The largest absolute Gasteiger partial charge is 0.269 e. The topological polar surface area (TPSA) is 0 Å². The van der Waals surface area contributed by atoms with Crippen molar-refractivity contribution in [1.82, 2.24) is 0 Å². The summed E-state index contributed by atoms with van der Waals surface area (Å²) in [5, 5.41) is 0. The van der Waals surface area contributed by atoms with Crippen LogP contribution in [0.25, 0.3) is 0 Å². The van der Waals surface area contributed by atoms with E-state index in [9.17, 15) is 8.78 Å². The van der Waals surface area contributed by atoms with Crippen molar-refractivity contribution in [2.24, 2.45) is 23.7 Å². The van der Waals surface area contributed by atoms with Crippen LogP contribution in [0.1, 0.15) is 71.6 Å². The molecule has 0 aromatic rings. The molecule has 4 unspecified atom stereocenters. The monoisotopic (exact) mass is 410 g/mol. The van der Waals surface area contributed by atoms with Crippen LogP contribution in [0, 0.1) is 23.7 Å². The minimum atomic E-state index is -1.41. The van der Waals surface area contributed by atoms with Crippen molar-refractivity contribution < 1.29 is 8.78 Å². The third kappa shape index (κ3) is 4.65. The van der Waals surface area contributed by atoms with Crippen molar-refractivity contribution in [3.05, 3.63) is 11.7 Å². The van der Waals surface area contributed by atoms with E-state index < -0.39 is 6.08 Å². The maximum absolute atomic E-state index is 12.7. The summed E-state index contributed by atoms with van der Waals surface area (Å²) in [5.41, 5.74) is 0.433. The molecule has 0 saturated heterocycles. The number of halogens is 3. The number of hydrogen-bond acceptors (Lipinski definition) is 0. The zero-order valence-electron chi connectivity index (χ0n) is 13.4. The molecule has 0 aliphatic heterocycles. The van der Waals surface area contributed by atoms with Crippen LogP contribution >= 0.6 is 22.6 Å². The summed E-state index contributed by atoms with van der Waals surface area (Å²) in [7, 11) is 0. The van der Waals surface area contributed by atoms with Crippen LogP contribution in [0.4, 0.5) is 8.78 Å². The quantitative estimate of drug-likeness (QED) is 0.346. The van der Waals surface area contributed by atoms with E-state index in [0.717, 1.165) is 34.5 Å². The van der Waals surface area contributed by atoms with E-state index in [-0.39, 0.29) is 0 Å². The van der Waals surface area contributed by atoms with Crippen molar-refractivity contribution in [2.75, 3.05) is 0 Å². The minimum Gasteiger partial charge on any atom is -0.173 e. The number of allylic oxidation sites excluding steroid dienone is 1. The molecular formula is C18H29F2I. The second-order valence-electron chi connectivity index (χ2n) is 7.22. The average molecular weight is 410 g/mol. The first-order valence-corrected chi connectivity index (χ1v) is 9.94. The Morgan fingerprint density at radius 1 is 1.19 bits per heavy atom. The highest BCUT2D eigenvalue weighted by atomic mass is 127. The Morgan fingerprint density at radius 3 is 2.38 bits per heavy atom. The fourth-order valence-electron chi connectivity index (χ4n) is 4.61. The van der Waals surface area contributed by atoms with Crippen LogP contribution in [0.5, 0.6) is 0 Å². The van der Waals surface area contributed by atoms with Gasteiger partial charge in [0.15, 0.2) is 0 Å². The van der Waals surface area contributed by atoms with Crippen LogP contribution in [0.3, 0.4) is 0 Å². The summed E-state index contributed by atoms with van der Waals surface area (Å²) in [5.74, 6) is 3.15. The van der Waals surface area contributed by atoms with Gasteiger partial charge in [-0.25, -0.2) is 0 Å². The fourth-order valence-corrected chi connectivity index (χ4v) is 5.88. The lowest BCUT2D eigenvalue weighted by Crippen LogP contribution is -2.33. The molecule has 122 valence electrons. The number of rotatable bonds is 4. The smallest absolute Gasteiger partial charge is 0.173 e. The number of alkyl halides is 1. The van der Waals surface area contributed by atoms with E-state index in [4.69, 9.17) is 0 Å². The van der Waals surface area contributed by atoms with E-state index in [0.29, 0.717) is 24.3 Å². The molecule has 4 atom stereocenters. The summed E-state index contributed by atoms with van der Waals surface area (Å²) in [6.45, 7) is 4.69. The van der Waals surface area contributed by atoms with Crippen LogP contribution in [-0.4, -0.2) is 3.92 Å². The molecule has 0 bridgehead atoms. The van der Waals surface area contributed by atoms with E-state index in [1.165, 1.54) is 32.1 Å². The van der Waals surface area contributed by atoms with Crippen molar-refractivity contribution in [1.29, 1.82) is 0 Å². The normalized spacial score (nSPS) is 35.6. The highest BCUT2D eigenvalue weighted by Crippen LogP contribution is 2.46. The third-order valence-corrected chi connectivity index (χ3v) is 7.50. The molecule has 2 rings (SSSR count). The lowest BCUT2D eigenvalue weighted by Gasteiger charge is -2.42. The zero-order valence-corrected chi connectivity index (χ0v) is 15.5. The van der Waals surface area contributed by atoms with Gasteiger partial charge in [0.05, 0.1) is 0 Å². The van der Waals surface area contributed by atoms with Crippen LogP contribution in [0.2, 0.25) is 0 Å². The molecule has 2 saturated carbocycles. The maximum Gasteiger partial charge on any atom is 0.269 e. The van der Waals surface area contributed by atoms with Crippen LogP contribution < -0.4 is 0 Å². The van der Waals surface area contributed by atoms with Crippen molar-refractivity contribution in [3.63, 3.8) is 0 Å². The van der Waals surface area contributed by atoms with Gasteiger partial charge in [-0.2, -0.15) is 8.78 Å². The molecular weight excluding hydrogens is 381 g/mol. The van der Waals surface area contributed by atoms with Gasteiger partial charge >= 0.3 is 0 Å². The van der Waals surface area contributed by atoms with Gasteiger partial charge in [0.2, 0.25) is 0 Å². The van der Waals surface area contributed by atoms with Crippen molar-refractivity contribution >= 4 is 22.6 Å². The standard InChI is InChI=1S/C18H29F2I/c1-3-4-17(21)15-9-10-16(12(2)11-15)13-5-7-14(8-6-13)18(19)20/h12-13,15-17H,3-11H2,1-2H3. The zero-order chi connectivity index (χ0) is 15.4. The Labute approximate surface area is 142 Å². The summed E-state index contributed by atoms with van der Waals surface area (Å²) in [4.78, 5) is 0. The first kappa shape index (κ1) is 17.7. The molecule has 0 radical (unpaired) electrons. The van der Waals surface area contributed by atoms with E-state index in [2.05, 4.69) is 36.4 Å². The van der Waals surface area contributed by atoms with Gasteiger partial charge in [0.25, 0.3) is 6.08 Å². The molecule has 2 fully saturated rings. The summed E-state index contributed by atoms with van der Waals surface area (Å²) in [6.07, 6.45) is 8.55. The Balaban J connectivity index is 1.85. The first-order valence-electron chi connectivity index (χ1n) is 8.70. The average Bonchev–Trinajstić information content (AvgIpc) is 2.47. The van der Waals surface area contributed by atoms with Gasteiger partial charge < -0.3 is 0 Å². The van der Waals surface area contributed by atoms with Gasteiger partial charge in [0, 0.05) is 3.92 Å². The maximum atomic E-state index is 12.7. The molecule has 0 spiro atoms. The van der Waals surface area contributed by atoms with Crippen LogP contribution in [-0.2, 0) is 0 Å². The van der Waals surface area contributed by atoms with E-state index in [1.54, 1.807) is 0 Å².